The van der Waals surface area contributed by atoms with E-state index in [1.807, 2.05) is 4.90 Å². The second-order valence-electron chi connectivity index (χ2n) is 5.56. The van der Waals surface area contributed by atoms with E-state index in [9.17, 15) is 9.59 Å². The first-order valence-corrected chi connectivity index (χ1v) is 8.32. The molecule has 0 bridgehead atoms. The zero-order valence-corrected chi connectivity index (χ0v) is 13.9. The van der Waals surface area contributed by atoms with E-state index in [2.05, 4.69) is 28.8 Å². The molecular weight excluding hydrogens is 312 g/mol. The van der Waals surface area contributed by atoms with Gasteiger partial charge in [0.25, 0.3) is 5.91 Å². The van der Waals surface area contributed by atoms with Crippen molar-refractivity contribution in [2.75, 3.05) is 13.7 Å². The van der Waals surface area contributed by atoms with Crippen molar-refractivity contribution in [3.05, 3.63) is 51.5 Å². The quantitative estimate of drug-likeness (QED) is 0.811. The molecule has 1 saturated heterocycles. The smallest absolute Gasteiger partial charge is 0.339 e. The fourth-order valence-corrected chi connectivity index (χ4v) is 3.92. The number of likely N-dealkylation sites (tertiary alicyclic amines) is 1. The largest absolute Gasteiger partial charge is 0.465 e. The lowest BCUT2D eigenvalue weighted by atomic mass is 10.1. The van der Waals surface area contributed by atoms with E-state index in [0.717, 1.165) is 19.4 Å². The number of aromatic nitrogens is 1. The zero-order valence-electron chi connectivity index (χ0n) is 13.1. The molecule has 1 aliphatic heterocycles. The monoisotopic (exact) mass is 330 g/mol. The number of rotatable bonds is 3. The first kappa shape index (κ1) is 15.7. The van der Waals surface area contributed by atoms with Crippen LogP contribution in [0.4, 0.5) is 0 Å². The van der Waals surface area contributed by atoms with Crippen molar-refractivity contribution in [3.63, 3.8) is 0 Å². The van der Waals surface area contributed by atoms with Crippen molar-refractivity contribution in [3.8, 4) is 0 Å². The predicted molar refractivity (Wildman–Crippen MR) is 87.6 cm³/mol. The van der Waals surface area contributed by atoms with Crippen molar-refractivity contribution in [2.45, 2.75) is 25.8 Å². The van der Waals surface area contributed by atoms with Crippen LogP contribution in [0.1, 0.15) is 49.4 Å². The van der Waals surface area contributed by atoms with Gasteiger partial charge >= 0.3 is 5.97 Å². The molecule has 1 atom stereocenters. The molecule has 1 aliphatic rings. The van der Waals surface area contributed by atoms with Crippen LogP contribution in [0.3, 0.4) is 0 Å². The molecular formula is C17H18N2O3S. The molecule has 2 aromatic rings. The molecule has 6 heteroatoms. The van der Waals surface area contributed by atoms with E-state index >= 15 is 0 Å². The number of thiophene rings is 1. The lowest BCUT2D eigenvalue weighted by Gasteiger charge is -2.24. The minimum atomic E-state index is -0.487. The second-order valence-corrected chi connectivity index (χ2v) is 6.88. The number of methoxy groups -OCH3 is 1. The average Bonchev–Trinajstić information content (AvgIpc) is 3.22. The Hall–Kier alpha value is -2.21. The van der Waals surface area contributed by atoms with Crippen LogP contribution in [0.15, 0.2) is 30.6 Å². The average molecular weight is 330 g/mol. The summed E-state index contributed by atoms with van der Waals surface area (Å²) < 4.78 is 4.69. The van der Waals surface area contributed by atoms with Crippen molar-refractivity contribution >= 4 is 23.2 Å². The van der Waals surface area contributed by atoms with E-state index in [1.54, 1.807) is 17.4 Å². The van der Waals surface area contributed by atoms with Gasteiger partial charge in [-0.1, -0.05) is 0 Å². The van der Waals surface area contributed by atoms with Gasteiger partial charge in [-0.3, -0.25) is 9.78 Å². The Balaban J connectivity index is 1.86. The Bertz CT molecular complexity index is 741. The topological polar surface area (TPSA) is 59.5 Å². The lowest BCUT2D eigenvalue weighted by molar-refractivity contribution is 0.0600. The van der Waals surface area contributed by atoms with E-state index in [4.69, 9.17) is 0 Å². The van der Waals surface area contributed by atoms with E-state index in [0.29, 0.717) is 11.1 Å². The van der Waals surface area contributed by atoms with Crippen molar-refractivity contribution in [1.29, 1.82) is 0 Å². The first-order valence-electron chi connectivity index (χ1n) is 7.51. The number of carbonyl (C=O) groups excluding carboxylic acids is 2. The summed E-state index contributed by atoms with van der Waals surface area (Å²) >= 11 is 1.73. The van der Waals surface area contributed by atoms with Gasteiger partial charge in [0.2, 0.25) is 0 Å². The molecule has 5 nitrogen and oxygen atoms in total. The molecule has 2 aromatic heterocycles. The number of aryl methyl sites for hydroxylation is 1. The molecule has 0 aromatic carbocycles. The number of nitrogens with zero attached hydrogens (tertiary/aromatic N) is 2. The van der Waals surface area contributed by atoms with Gasteiger partial charge in [0.15, 0.2) is 0 Å². The summed E-state index contributed by atoms with van der Waals surface area (Å²) in [7, 11) is 1.31. The molecule has 120 valence electrons. The molecule has 3 rings (SSSR count). The summed E-state index contributed by atoms with van der Waals surface area (Å²) in [6.07, 6.45) is 4.86. The third-order valence-corrected chi connectivity index (χ3v) is 5.11. The molecule has 1 fully saturated rings. The minimum Gasteiger partial charge on any atom is -0.465 e. The van der Waals surface area contributed by atoms with Gasteiger partial charge in [-0.25, -0.2) is 4.79 Å². The highest BCUT2D eigenvalue weighted by Crippen LogP contribution is 2.36. The number of hydrogen-bond acceptors (Lipinski definition) is 5. The fourth-order valence-electron chi connectivity index (χ4n) is 2.89. The minimum absolute atomic E-state index is 0.0863. The van der Waals surface area contributed by atoms with Crippen LogP contribution in [-0.2, 0) is 4.74 Å². The van der Waals surface area contributed by atoms with Crippen LogP contribution >= 0.6 is 11.3 Å². The van der Waals surface area contributed by atoms with Crippen molar-refractivity contribution in [1.82, 2.24) is 9.88 Å². The van der Waals surface area contributed by atoms with Crippen LogP contribution in [0.25, 0.3) is 0 Å². The second kappa shape index (κ2) is 6.50. The molecule has 1 amide bonds. The number of pyridine rings is 1. The molecule has 1 unspecified atom stereocenters. The molecule has 3 heterocycles. The summed E-state index contributed by atoms with van der Waals surface area (Å²) in [6, 6.07) is 5.85. The third kappa shape index (κ3) is 3.12. The Morgan fingerprint density at radius 3 is 2.78 bits per heavy atom. The van der Waals surface area contributed by atoms with E-state index < -0.39 is 5.97 Å². The molecule has 0 spiro atoms. The third-order valence-electron chi connectivity index (χ3n) is 4.01. The normalized spacial score (nSPS) is 17.3. The van der Waals surface area contributed by atoms with Crippen LogP contribution in [0.2, 0.25) is 0 Å². The van der Waals surface area contributed by atoms with Crippen molar-refractivity contribution in [2.24, 2.45) is 0 Å². The molecule has 23 heavy (non-hydrogen) atoms. The Morgan fingerprint density at radius 2 is 2.09 bits per heavy atom. The molecule has 0 saturated carbocycles. The van der Waals surface area contributed by atoms with E-state index in [1.165, 1.54) is 29.3 Å². The maximum Gasteiger partial charge on any atom is 0.339 e. The highest BCUT2D eigenvalue weighted by molar-refractivity contribution is 7.12. The SMILES string of the molecule is COC(=O)c1cncc(C(=O)N2CCCC2c2ccc(C)s2)c1. The first-order chi connectivity index (χ1) is 11.1. The zero-order chi connectivity index (χ0) is 16.4. The van der Waals surface area contributed by atoms with Gasteiger partial charge < -0.3 is 9.64 Å². The summed E-state index contributed by atoms with van der Waals surface area (Å²) in [5.74, 6) is -0.573. The highest BCUT2D eigenvalue weighted by Gasteiger charge is 2.31. The van der Waals surface area contributed by atoms with Gasteiger partial charge in [-0.2, -0.15) is 0 Å². The van der Waals surface area contributed by atoms with Gasteiger partial charge in [-0.15, -0.1) is 11.3 Å². The van der Waals surface area contributed by atoms with E-state index in [-0.39, 0.29) is 11.9 Å². The number of ether oxygens (including phenoxy) is 1. The summed E-state index contributed by atoms with van der Waals surface area (Å²) in [6.45, 7) is 2.79. The number of amides is 1. The molecule has 0 N–H and O–H groups in total. The van der Waals surface area contributed by atoms with Crippen LogP contribution in [-0.4, -0.2) is 35.4 Å². The van der Waals surface area contributed by atoms with Crippen LogP contribution in [0.5, 0.6) is 0 Å². The summed E-state index contributed by atoms with van der Waals surface area (Å²) in [4.78, 5) is 32.8. The van der Waals surface area contributed by atoms with Crippen LogP contribution in [0, 0.1) is 6.92 Å². The maximum absolute atomic E-state index is 12.8. The fraction of sp³-hybridized carbons (Fsp3) is 0.353. The predicted octanol–water partition coefficient (Wildman–Crippen LogP) is 3.22. The van der Waals surface area contributed by atoms with Gasteiger partial charge in [0.05, 0.1) is 24.3 Å². The van der Waals surface area contributed by atoms with Crippen LogP contribution < -0.4 is 0 Å². The van der Waals surface area contributed by atoms with Gasteiger partial charge in [0, 0.05) is 28.7 Å². The van der Waals surface area contributed by atoms with Crippen molar-refractivity contribution < 1.29 is 14.3 Å². The number of carbonyl (C=O) groups is 2. The Morgan fingerprint density at radius 1 is 1.30 bits per heavy atom. The molecule has 0 radical (unpaired) electrons. The maximum atomic E-state index is 12.8. The Labute approximate surface area is 138 Å². The number of esters is 1. The lowest BCUT2D eigenvalue weighted by Crippen LogP contribution is -2.30. The van der Waals surface area contributed by atoms with Gasteiger partial charge in [0.1, 0.15) is 0 Å². The molecule has 0 aliphatic carbocycles. The Kier molecular flexibility index (Phi) is 4.43. The summed E-state index contributed by atoms with van der Waals surface area (Å²) in [5, 5.41) is 0. The highest BCUT2D eigenvalue weighted by atomic mass is 32.1. The standard InChI is InChI=1S/C17H18N2O3S/c1-11-5-6-15(23-11)14-4-3-7-19(14)16(20)12-8-13(10-18-9-12)17(21)22-2/h5-6,8-10,14H,3-4,7H2,1-2H3. The number of hydrogen-bond donors (Lipinski definition) is 0. The summed E-state index contributed by atoms with van der Waals surface area (Å²) in [5.41, 5.74) is 0.717. The van der Waals surface area contributed by atoms with Gasteiger partial charge in [-0.05, 0) is 38.0 Å².